The predicted octanol–water partition coefficient (Wildman–Crippen LogP) is 3.99. The van der Waals surface area contributed by atoms with E-state index < -0.39 is 0 Å². The average molecular weight is 299 g/mol. The molecule has 2 rings (SSSR count). The minimum Gasteiger partial charge on any atom is -0.381 e. The standard InChI is InChI=1S/C14H19ClN2OS/c1-9-13(4-3-7-19-9)17-11-5-6-14(12(15)8-11)16-10(2)18/h5-6,8-9,13,17H,3-4,7H2,1-2H3,(H,16,18). The van der Waals surface area contributed by atoms with Crippen molar-refractivity contribution in [3.63, 3.8) is 0 Å². The molecule has 104 valence electrons. The normalized spacial score (nSPS) is 22.9. The molecule has 0 aliphatic carbocycles. The molecule has 1 fully saturated rings. The zero-order valence-corrected chi connectivity index (χ0v) is 12.8. The number of hydrogen-bond donors (Lipinski definition) is 2. The van der Waals surface area contributed by atoms with Crippen molar-refractivity contribution < 1.29 is 4.79 Å². The van der Waals surface area contributed by atoms with Gasteiger partial charge in [0.15, 0.2) is 0 Å². The highest BCUT2D eigenvalue weighted by atomic mass is 35.5. The van der Waals surface area contributed by atoms with Crippen molar-refractivity contribution >= 4 is 40.6 Å². The number of amides is 1. The van der Waals surface area contributed by atoms with Crippen LogP contribution in [0.3, 0.4) is 0 Å². The maximum absolute atomic E-state index is 11.0. The third-order valence-electron chi connectivity index (χ3n) is 3.24. The Morgan fingerprint density at radius 1 is 1.47 bits per heavy atom. The highest BCUT2D eigenvalue weighted by molar-refractivity contribution is 8.00. The summed E-state index contributed by atoms with van der Waals surface area (Å²) in [6.07, 6.45) is 2.45. The summed E-state index contributed by atoms with van der Waals surface area (Å²) in [5.74, 6) is 1.14. The highest BCUT2D eigenvalue weighted by Gasteiger charge is 2.21. The molecule has 1 aromatic rings. The number of halogens is 1. The monoisotopic (exact) mass is 298 g/mol. The Labute approximate surface area is 123 Å². The van der Waals surface area contributed by atoms with E-state index in [0.29, 0.717) is 22.0 Å². The number of anilines is 2. The molecule has 2 atom stereocenters. The zero-order valence-electron chi connectivity index (χ0n) is 11.2. The van der Waals surface area contributed by atoms with Crippen molar-refractivity contribution in [3.8, 4) is 0 Å². The Balaban J connectivity index is 2.05. The molecule has 2 N–H and O–H groups in total. The van der Waals surface area contributed by atoms with Crippen LogP contribution in [0.25, 0.3) is 0 Å². The SMILES string of the molecule is CC(=O)Nc1ccc(NC2CCCSC2C)cc1Cl. The van der Waals surface area contributed by atoms with Gasteiger partial charge in [-0.25, -0.2) is 0 Å². The van der Waals surface area contributed by atoms with Crippen LogP contribution in [0.2, 0.25) is 5.02 Å². The second kappa shape index (κ2) is 6.53. The van der Waals surface area contributed by atoms with Crippen molar-refractivity contribution in [1.29, 1.82) is 0 Å². The van der Waals surface area contributed by atoms with Crippen LogP contribution >= 0.6 is 23.4 Å². The number of rotatable bonds is 3. The summed E-state index contributed by atoms with van der Waals surface area (Å²) in [4.78, 5) is 11.0. The summed E-state index contributed by atoms with van der Waals surface area (Å²) >= 11 is 8.18. The summed E-state index contributed by atoms with van der Waals surface area (Å²) in [6.45, 7) is 3.73. The molecule has 3 nitrogen and oxygen atoms in total. The van der Waals surface area contributed by atoms with Gasteiger partial charge in [-0.1, -0.05) is 18.5 Å². The van der Waals surface area contributed by atoms with E-state index in [0.717, 1.165) is 5.69 Å². The predicted molar refractivity (Wildman–Crippen MR) is 84.3 cm³/mol. The number of hydrogen-bond acceptors (Lipinski definition) is 3. The molecule has 0 radical (unpaired) electrons. The van der Waals surface area contributed by atoms with Crippen molar-refractivity contribution in [3.05, 3.63) is 23.2 Å². The molecule has 0 bridgehead atoms. The first-order valence-electron chi connectivity index (χ1n) is 6.51. The summed E-state index contributed by atoms with van der Waals surface area (Å²) in [5, 5.41) is 7.42. The molecule has 1 aromatic carbocycles. The Kier molecular flexibility index (Phi) is 4.99. The van der Waals surface area contributed by atoms with E-state index >= 15 is 0 Å². The average Bonchev–Trinajstić information content (AvgIpc) is 2.35. The van der Waals surface area contributed by atoms with Gasteiger partial charge in [-0.15, -0.1) is 0 Å². The van der Waals surface area contributed by atoms with Crippen LogP contribution in [0.15, 0.2) is 18.2 Å². The number of carbonyl (C=O) groups excluding carboxylic acids is 1. The fourth-order valence-corrected chi connectivity index (χ4v) is 3.59. The third kappa shape index (κ3) is 4.05. The Morgan fingerprint density at radius 2 is 2.26 bits per heavy atom. The number of thioether (sulfide) groups is 1. The van der Waals surface area contributed by atoms with Gasteiger partial charge >= 0.3 is 0 Å². The first-order valence-corrected chi connectivity index (χ1v) is 7.94. The fraction of sp³-hybridized carbons (Fsp3) is 0.500. The maximum atomic E-state index is 11.0. The lowest BCUT2D eigenvalue weighted by atomic mass is 10.1. The molecule has 1 aliphatic heterocycles. The van der Waals surface area contributed by atoms with Crippen molar-refractivity contribution in [2.75, 3.05) is 16.4 Å². The van der Waals surface area contributed by atoms with Gasteiger partial charge in [-0.3, -0.25) is 4.79 Å². The van der Waals surface area contributed by atoms with Gasteiger partial charge in [0.05, 0.1) is 10.7 Å². The van der Waals surface area contributed by atoms with Gasteiger partial charge < -0.3 is 10.6 Å². The van der Waals surface area contributed by atoms with Crippen LogP contribution in [-0.2, 0) is 4.79 Å². The number of nitrogens with one attached hydrogen (secondary N) is 2. The summed E-state index contributed by atoms with van der Waals surface area (Å²) in [5.41, 5.74) is 1.67. The number of benzene rings is 1. The minimum absolute atomic E-state index is 0.111. The lowest BCUT2D eigenvalue weighted by molar-refractivity contribution is -0.114. The summed E-state index contributed by atoms with van der Waals surface area (Å²) in [7, 11) is 0. The molecule has 0 aromatic heterocycles. The van der Waals surface area contributed by atoms with Gasteiger partial charge in [0.2, 0.25) is 5.91 Å². The molecule has 19 heavy (non-hydrogen) atoms. The molecule has 1 amide bonds. The molecule has 0 spiro atoms. The van der Waals surface area contributed by atoms with Crippen LogP contribution in [0.1, 0.15) is 26.7 Å². The second-order valence-electron chi connectivity index (χ2n) is 4.84. The van der Waals surface area contributed by atoms with Crippen molar-refractivity contribution in [1.82, 2.24) is 0 Å². The van der Waals surface area contributed by atoms with Crippen LogP contribution in [0, 0.1) is 0 Å². The van der Waals surface area contributed by atoms with E-state index in [1.807, 2.05) is 30.0 Å². The quantitative estimate of drug-likeness (QED) is 0.886. The lowest BCUT2D eigenvalue weighted by Crippen LogP contribution is -2.32. The minimum atomic E-state index is -0.111. The van der Waals surface area contributed by atoms with Crippen LogP contribution < -0.4 is 10.6 Å². The van der Waals surface area contributed by atoms with E-state index in [2.05, 4.69) is 17.6 Å². The van der Waals surface area contributed by atoms with Crippen molar-refractivity contribution in [2.45, 2.75) is 38.0 Å². The van der Waals surface area contributed by atoms with Gasteiger partial charge in [-0.05, 0) is 36.8 Å². The lowest BCUT2D eigenvalue weighted by Gasteiger charge is -2.30. The maximum Gasteiger partial charge on any atom is 0.221 e. The van der Waals surface area contributed by atoms with Gasteiger partial charge in [0.25, 0.3) is 0 Å². The number of carbonyl (C=O) groups is 1. The molecule has 1 saturated heterocycles. The topological polar surface area (TPSA) is 41.1 Å². The van der Waals surface area contributed by atoms with E-state index in [-0.39, 0.29) is 5.91 Å². The Hall–Kier alpha value is -0.870. The Morgan fingerprint density at radius 3 is 2.89 bits per heavy atom. The van der Waals surface area contributed by atoms with Gasteiger partial charge in [0, 0.05) is 23.9 Å². The van der Waals surface area contributed by atoms with E-state index in [4.69, 9.17) is 11.6 Å². The Bertz CT molecular complexity index is 467. The van der Waals surface area contributed by atoms with E-state index in [1.54, 1.807) is 0 Å². The third-order valence-corrected chi connectivity index (χ3v) is 4.93. The molecular weight excluding hydrogens is 280 g/mol. The first-order chi connectivity index (χ1) is 9.06. The molecule has 5 heteroatoms. The van der Waals surface area contributed by atoms with Crippen LogP contribution in [-0.4, -0.2) is 23.0 Å². The van der Waals surface area contributed by atoms with Crippen LogP contribution in [0.5, 0.6) is 0 Å². The summed E-state index contributed by atoms with van der Waals surface area (Å²) < 4.78 is 0. The molecular formula is C14H19ClN2OS. The summed E-state index contributed by atoms with van der Waals surface area (Å²) in [6, 6.07) is 6.16. The molecule has 1 heterocycles. The van der Waals surface area contributed by atoms with E-state index in [1.165, 1.54) is 25.5 Å². The van der Waals surface area contributed by atoms with Crippen molar-refractivity contribution in [2.24, 2.45) is 0 Å². The largest absolute Gasteiger partial charge is 0.381 e. The molecule has 2 unspecified atom stereocenters. The van der Waals surface area contributed by atoms with E-state index in [9.17, 15) is 4.79 Å². The van der Waals surface area contributed by atoms with Crippen LogP contribution in [0.4, 0.5) is 11.4 Å². The molecule has 0 saturated carbocycles. The highest BCUT2D eigenvalue weighted by Crippen LogP contribution is 2.30. The fourth-order valence-electron chi connectivity index (χ4n) is 2.22. The zero-order chi connectivity index (χ0) is 13.8. The second-order valence-corrected chi connectivity index (χ2v) is 6.74. The first kappa shape index (κ1) is 14.5. The van der Waals surface area contributed by atoms with Gasteiger partial charge in [0.1, 0.15) is 0 Å². The van der Waals surface area contributed by atoms with Gasteiger partial charge in [-0.2, -0.15) is 11.8 Å². The molecule has 1 aliphatic rings. The smallest absolute Gasteiger partial charge is 0.221 e.